The van der Waals surface area contributed by atoms with Crippen LogP contribution in [-0.2, 0) is 17.6 Å². The molecular weight excluding hydrogens is 382 g/mol. The van der Waals surface area contributed by atoms with Gasteiger partial charge in [-0.3, -0.25) is 14.0 Å². The lowest BCUT2D eigenvalue weighted by molar-refractivity contribution is -0.113. The summed E-state index contributed by atoms with van der Waals surface area (Å²) < 4.78 is 1.83. The minimum Gasteiger partial charge on any atom is -0.365 e. The molecule has 3 aromatic heterocycles. The third kappa shape index (κ3) is 3.57. The molecule has 140 valence electrons. The van der Waals surface area contributed by atoms with Gasteiger partial charge in [-0.2, -0.15) is 0 Å². The van der Waals surface area contributed by atoms with Crippen LogP contribution in [0.5, 0.6) is 0 Å². The number of rotatable bonds is 5. The van der Waals surface area contributed by atoms with Gasteiger partial charge in [0.05, 0.1) is 11.3 Å². The molecule has 27 heavy (non-hydrogen) atoms. The number of thioether (sulfide) groups is 1. The van der Waals surface area contributed by atoms with Gasteiger partial charge in [-0.05, 0) is 42.9 Å². The minimum absolute atomic E-state index is 0.173. The molecule has 9 heteroatoms. The standard InChI is InChI=1S/C18H19N5O2S2/c1-10-5-6-11-12(8-10)27-17(15(11)16(19)25)20-14(24)9-26-18-22-21-13-4-2-3-7-23(13)18/h2-4,7,10H,5-6,8-9H2,1H3,(H2,19,25)(H,20,24). The molecule has 0 aromatic carbocycles. The van der Waals surface area contributed by atoms with E-state index in [-0.39, 0.29) is 11.7 Å². The predicted octanol–water partition coefficient (Wildman–Crippen LogP) is 2.75. The quantitative estimate of drug-likeness (QED) is 0.640. The maximum absolute atomic E-state index is 12.5. The number of aromatic nitrogens is 3. The Bertz CT molecular complexity index is 1030. The lowest BCUT2D eigenvalue weighted by Gasteiger charge is -2.18. The number of carbonyl (C=O) groups is 2. The van der Waals surface area contributed by atoms with E-state index in [0.717, 1.165) is 35.4 Å². The van der Waals surface area contributed by atoms with Crippen LogP contribution < -0.4 is 11.1 Å². The lowest BCUT2D eigenvalue weighted by Crippen LogP contribution is -2.20. The van der Waals surface area contributed by atoms with E-state index in [0.29, 0.717) is 21.6 Å². The summed E-state index contributed by atoms with van der Waals surface area (Å²) in [5, 5.41) is 12.3. The number of nitrogens with one attached hydrogen (secondary N) is 1. The highest BCUT2D eigenvalue weighted by atomic mass is 32.2. The summed E-state index contributed by atoms with van der Waals surface area (Å²) in [6, 6.07) is 5.63. The first-order valence-electron chi connectivity index (χ1n) is 8.69. The third-order valence-electron chi connectivity index (χ3n) is 4.63. The highest BCUT2D eigenvalue weighted by Crippen LogP contribution is 2.39. The highest BCUT2D eigenvalue weighted by molar-refractivity contribution is 7.99. The van der Waals surface area contributed by atoms with Gasteiger partial charge in [0, 0.05) is 11.1 Å². The van der Waals surface area contributed by atoms with Crippen molar-refractivity contribution < 1.29 is 9.59 Å². The zero-order chi connectivity index (χ0) is 19.0. The Kier molecular flexibility index (Phi) is 4.88. The van der Waals surface area contributed by atoms with E-state index < -0.39 is 5.91 Å². The molecule has 1 unspecified atom stereocenters. The van der Waals surface area contributed by atoms with Crippen molar-refractivity contribution in [3.63, 3.8) is 0 Å². The molecule has 7 nitrogen and oxygen atoms in total. The van der Waals surface area contributed by atoms with Crippen LogP contribution >= 0.6 is 23.1 Å². The zero-order valence-corrected chi connectivity index (χ0v) is 16.4. The summed E-state index contributed by atoms with van der Waals surface area (Å²) in [6.45, 7) is 2.20. The van der Waals surface area contributed by atoms with E-state index in [9.17, 15) is 9.59 Å². The first-order valence-corrected chi connectivity index (χ1v) is 10.5. The van der Waals surface area contributed by atoms with Crippen LogP contribution in [-0.4, -0.2) is 32.2 Å². The fourth-order valence-electron chi connectivity index (χ4n) is 3.31. The van der Waals surface area contributed by atoms with Gasteiger partial charge in [-0.1, -0.05) is 24.8 Å². The van der Waals surface area contributed by atoms with Gasteiger partial charge in [0.25, 0.3) is 5.91 Å². The summed E-state index contributed by atoms with van der Waals surface area (Å²) in [4.78, 5) is 25.6. The normalized spacial score (nSPS) is 16.3. The number of nitrogens with two attached hydrogens (primary N) is 1. The fraction of sp³-hybridized carbons (Fsp3) is 0.333. The Morgan fingerprint density at radius 3 is 3.07 bits per heavy atom. The molecule has 3 aromatic rings. The van der Waals surface area contributed by atoms with E-state index >= 15 is 0 Å². The van der Waals surface area contributed by atoms with Gasteiger partial charge in [-0.25, -0.2) is 0 Å². The summed E-state index contributed by atoms with van der Waals surface area (Å²) in [6.07, 6.45) is 4.65. The molecule has 1 aliphatic carbocycles. The smallest absolute Gasteiger partial charge is 0.251 e. The second kappa shape index (κ2) is 7.32. The number of hydrogen-bond donors (Lipinski definition) is 2. The third-order valence-corrected chi connectivity index (χ3v) is 6.74. The van der Waals surface area contributed by atoms with Crippen molar-refractivity contribution in [1.82, 2.24) is 14.6 Å². The van der Waals surface area contributed by atoms with Gasteiger partial charge in [0.2, 0.25) is 5.91 Å². The topological polar surface area (TPSA) is 102 Å². The Balaban J connectivity index is 1.49. The summed E-state index contributed by atoms with van der Waals surface area (Å²) in [5.41, 5.74) is 7.82. The number of carbonyl (C=O) groups excluding carboxylic acids is 2. The number of fused-ring (bicyclic) bond motifs is 2. The monoisotopic (exact) mass is 401 g/mol. The Morgan fingerprint density at radius 1 is 1.41 bits per heavy atom. The molecule has 0 aliphatic heterocycles. The first-order chi connectivity index (χ1) is 13.0. The van der Waals surface area contributed by atoms with Crippen molar-refractivity contribution in [2.24, 2.45) is 11.7 Å². The maximum atomic E-state index is 12.5. The van der Waals surface area contributed by atoms with Crippen LogP contribution in [0.2, 0.25) is 0 Å². The fourth-order valence-corrected chi connectivity index (χ4v) is 5.47. The number of nitrogens with zero attached hydrogens (tertiary/aromatic N) is 3. The van der Waals surface area contributed by atoms with E-state index in [1.54, 1.807) is 0 Å². The highest BCUT2D eigenvalue weighted by Gasteiger charge is 2.27. The zero-order valence-electron chi connectivity index (χ0n) is 14.8. The number of hydrogen-bond acceptors (Lipinski definition) is 6. The van der Waals surface area contributed by atoms with Crippen molar-refractivity contribution in [1.29, 1.82) is 0 Å². The molecule has 0 fully saturated rings. The molecule has 0 saturated carbocycles. The lowest BCUT2D eigenvalue weighted by atomic mass is 9.88. The van der Waals surface area contributed by atoms with Crippen LogP contribution in [0.15, 0.2) is 29.6 Å². The predicted molar refractivity (Wildman–Crippen MR) is 106 cm³/mol. The average Bonchev–Trinajstić information content (AvgIpc) is 3.20. The first kappa shape index (κ1) is 18.0. The van der Waals surface area contributed by atoms with Gasteiger partial charge < -0.3 is 11.1 Å². The maximum Gasteiger partial charge on any atom is 0.251 e. The molecular formula is C18H19N5O2S2. The van der Waals surface area contributed by atoms with Crippen LogP contribution in [0.4, 0.5) is 5.00 Å². The molecule has 2 amide bonds. The van der Waals surface area contributed by atoms with Crippen LogP contribution in [0.25, 0.3) is 5.65 Å². The van der Waals surface area contributed by atoms with Gasteiger partial charge in [-0.15, -0.1) is 21.5 Å². The number of amides is 2. The number of thiophene rings is 1. The average molecular weight is 402 g/mol. The summed E-state index contributed by atoms with van der Waals surface area (Å²) in [5.74, 6) is 0.0832. The van der Waals surface area contributed by atoms with Crippen LogP contribution in [0, 0.1) is 5.92 Å². The second-order valence-corrected chi connectivity index (χ2v) is 8.72. The van der Waals surface area contributed by atoms with Crippen LogP contribution in [0.3, 0.4) is 0 Å². The Labute approximate surface area is 164 Å². The van der Waals surface area contributed by atoms with Gasteiger partial charge in [0.1, 0.15) is 5.00 Å². The molecule has 3 N–H and O–H groups in total. The molecule has 0 bridgehead atoms. The SMILES string of the molecule is CC1CCc2c(sc(NC(=O)CSc3nnc4ccccn34)c2C(N)=O)C1. The Hall–Kier alpha value is -2.39. The van der Waals surface area contributed by atoms with Crippen molar-refractivity contribution in [3.8, 4) is 0 Å². The molecule has 3 heterocycles. The second-order valence-electron chi connectivity index (χ2n) is 6.67. The molecule has 4 rings (SSSR count). The Morgan fingerprint density at radius 2 is 2.26 bits per heavy atom. The molecule has 0 spiro atoms. The molecule has 0 radical (unpaired) electrons. The minimum atomic E-state index is -0.478. The van der Waals surface area contributed by atoms with Crippen molar-refractivity contribution in [2.75, 3.05) is 11.1 Å². The van der Waals surface area contributed by atoms with Gasteiger partial charge in [0.15, 0.2) is 10.8 Å². The largest absolute Gasteiger partial charge is 0.365 e. The number of primary amides is 1. The van der Waals surface area contributed by atoms with Crippen molar-refractivity contribution in [3.05, 3.63) is 40.4 Å². The summed E-state index contributed by atoms with van der Waals surface area (Å²) >= 11 is 2.77. The molecule has 1 atom stereocenters. The van der Waals surface area contributed by atoms with E-state index in [1.165, 1.54) is 23.1 Å². The van der Waals surface area contributed by atoms with E-state index in [4.69, 9.17) is 5.73 Å². The molecule has 1 aliphatic rings. The van der Waals surface area contributed by atoms with Gasteiger partial charge >= 0.3 is 0 Å². The van der Waals surface area contributed by atoms with Crippen molar-refractivity contribution in [2.45, 2.75) is 31.3 Å². The number of pyridine rings is 1. The van der Waals surface area contributed by atoms with Crippen LogP contribution in [0.1, 0.15) is 34.1 Å². The molecule has 0 saturated heterocycles. The number of anilines is 1. The van der Waals surface area contributed by atoms with E-state index in [1.807, 2.05) is 28.8 Å². The summed E-state index contributed by atoms with van der Waals surface area (Å²) in [7, 11) is 0. The van der Waals surface area contributed by atoms with Crippen molar-refractivity contribution >= 4 is 45.6 Å². The van der Waals surface area contributed by atoms with E-state index in [2.05, 4.69) is 22.4 Å².